The Morgan fingerprint density at radius 2 is 1.86 bits per heavy atom. The third kappa shape index (κ3) is 5.56. The number of halogens is 1. The minimum absolute atomic E-state index is 0. The van der Waals surface area contributed by atoms with E-state index in [1.54, 1.807) is 20.8 Å². The van der Waals surface area contributed by atoms with Crippen LogP contribution in [0.15, 0.2) is 15.7 Å². The van der Waals surface area contributed by atoms with Crippen LogP contribution in [0.2, 0.25) is 0 Å². The Hall–Kier alpha value is -2.54. The lowest BCUT2D eigenvalue weighted by molar-refractivity contribution is 0.0494. The maximum Gasteiger partial charge on any atom is 0.407 e. The maximum absolute atomic E-state index is 15.4. The van der Waals surface area contributed by atoms with E-state index in [2.05, 4.69) is 5.32 Å². The lowest BCUT2D eigenvalue weighted by atomic mass is 10.0. The Morgan fingerprint density at radius 3 is 2.42 bits per heavy atom. The molecule has 10 nitrogen and oxygen atoms in total. The number of alkyl carbamates (subject to hydrolysis) is 1. The molecule has 202 valence electrons. The Labute approximate surface area is 222 Å². The van der Waals surface area contributed by atoms with Gasteiger partial charge in [0.1, 0.15) is 16.8 Å². The number of hydrogen-bond donors (Lipinski definition) is 2. The van der Waals surface area contributed by atoms with Crippen molar-refractivity contribution in [2.24, 2.45) is 5.92 Å². The molecule has 2 atom stereocenters. The summed E-state index contributed by atoms with van der Waals surface area (Å²) in [5.74, 6) is 5.25. The van der Waals surface area contributed by atoms with Crippen LogP contribution in [-0.2, 0) is 4.74 Å². The predicted molar refractivity (Wildman–Crippen MR) is 147 cm³/mol. The summed E-state index contributed by atoms with van der Waals surface area (Å²) in [7, 11) is 1.40. The van der Waals surface area contributed by atoms with Gasteiger partial charge in [0.05, 0.1) is 12.5 Å². The average molecular weight is 546 g/mol. The van der Waals surface area contributed by atoms with Crippen LogP contribution < -0.4 is 32.0 Å². The fourth-order valence-corrected chi connectivity index (χ4v) is 4.61. The second-order valence-corrected chi connectivity index (χ2v) is 10.1. The number of nitrogens with zero attached hydrogens (tertiary/aromatic N) is 3. The molecule has 4 rings (SSSR count). The van der Waals surface area contributed by atoms with Crippen molar-refractivity contribution in [2.75, 3.05) is 30.9 Å². The van der Waals surface area contributed by atoms with Gasteiger partial charge in [0, 0.05) is 25.2 Å². The van der Waals surface area contributed by atoms with Crippen molar-refractivity contribution >= 4 is 49.7 Å². The zero-order chi connectivity index (χ0) is 24.9. The molecule has 1 aromatic heterocycles. The molecule has 2 aromatic rings. The lowest BCUT2D eigenvalue weighted by Crippen LogP contribution is -2.44. The number of methoxy groups -OCH3 is 1. The molecule has 36 heavy (non-hydrogen) atoms. The molecule has 1 aliphatic heterocycles. The summed E-state index contributed by atoms with van der Waals surface area (Å²) in [4.78, 5) is 39.5. The summed E-state index contributed by atoms with van der Waals surface area (Å²) in [6.45, 7) is 8.25. The fourth-order valence-electron chi connectivity index (χ4n) is 4.61. The van der Waals surface area contributed by atoms with E-state index in [4.69, 9.17) is 15.3 Å². The number of amides is 1. The highest BCUT2D eigenvalue weighted by atomic mass is 32.1. The fraction of sp³-hybridized carbons (Fsp3) is 0.609. The first kappa shape index (κ1) is 29.7. The number of nitrogens with two attached hydrogens (primary N) is 1. The zero-order valence-electron chi connectivity index (χ0n) is 21.2. The van der Waals surface area contributed by atoms with Gasteiger partial charge < -0.3 is 25.5 Å². The SMILES string of the molecule is COc1c(N2CC[C@H](C(C)NC(=O)OC(C)(C)C)C2)c(F)cc2c(=O)n(N)c(=O)n(C3CC3)c12.S.S. The van der Waals surface area contributed by atoms with Crippen LogP contribution in [-0.4, -0.2) is 47.2 Å². The van der Waals surface area contributed by atoms with Crippen molar-refractivity contribution in [3.63, 3.8) is 0 Å². The van der Waals surface area contributed by atoms with Gasteiger partial charge in [-0.1, -0.05) is 0 Å². The van der Waals surface area contributed by atoms with E-state index in [0.29, 0.717) is 24.2 Å². The standard InChI is InChI=1S/C23H32FN5O5.2H2S/c1-12(26-21(31)34-23(2,3)4)13-8-9-27(11-13)18-16(24)10-15-17(19(18)33-5)28(14-6-7-14)22(32)29(25)20(15)30;;/h10,12-14H,6-9,11,25H2,1-5H3,(H,26,31);2*1H2/t12?,13-;;/m0../s1. The van der Waals surface area contributed by atoms with Gasteiger partial charge in [0.15, 0.2) is 11.6 Å². The summed E-state index contributed by atoms with van der Waals surface area (Å²) >= 11 is 0. The highest BCUT2D eigenvalue weighted by Crippen LogP contribution is 2.43. The van der Waals surface area contributed by atoms with E-state index >= 15 is 4.39 Å². The van der Waals surface area contributed by atoms with Gasteiger partial charge in [-0.15, -0.1) is 0 Å². The molecular weight excluding hydrogens is 509 g/mol. The number of carbonyl (C=O) groups excluding carboxylic acids is 1. The van der Waals surface area contributed by atoms with E-state index < -0.39 is 28.8 Å². The third-order valence-electron chi connectivity index (χ3n) is 6.39. The first-order chi connectivity index (χ1) is 15.9. The molecule has 0 bridgehead atoms. The van der Waals surface area contributed by atoms with Crippen LogP contribution in [0.1, 0.15) is 53.0 Å². The first-order valence-corrected chi connectivity index (χ1v) is 11.5. The molecule has 1 amide bonds. The largest absolute Gasteiger partial charge is 0.492 e. The van der Waals surface area contributed by atoms with Crippen LogP contribution in [0.25, 0.3) is 10.9 Å². The van der Waals surface area contributed by atoms with Crippen molar-refractivity contribution in [3.8, 4) is 5.75 Å². The predicted octanol–water partition coefficient (Wildman–Crippen LogP) is 2.32. The van der Waals surface area contributed by atoms with Crippen LogP contribution >= 0.6 is 27.0 Å². The molecule has 2 aliphatic rings. The Morgan fingerprint density at radius 1 is 1.22 bits per heavy atom. The maximum atomic E-state index is 15.4. The van der Waals surface area contributed by atoms with E-state index in [-0.39, 0.29) is 67.3 Å². The molecule has 2 heterocycles. The van der Waals surface area contributed by atoms with Gasteiger partial charge in [0.25, 0.3) is 5.56 Å². The Bertz CT molecular complexity index is 1250. The molecule has 0 radical (unpaired) electrons. The van der Waals surface area contributed by atoms with Crippen LogP contribution in [0.5, 0.6) is 5.75 Å². The number of nitrogens with one attached hydrogen (secondary N) is 1. The minimum Gasteiger partial charge on any atom is -0.492 e. The molecular formula is C23H36FN5O5S2. The van der Waals surface area contributed by atoms with E-state index in [0.717, 1.165) is 18.9 Å². The molecule has 2 fully saturated rings. The molecule has 13 heteroatoms. The Balaban J connectivity index is 0.00000228. The Kier molecular flexibility index (Phi) is 8.93. The molecule has 1 aliphatic carbocycles. The van der Waals surface area contributed by atoms with Gasteiger partial charge in [-0.05, 0) is 58.9 Å². The molecule has 1 unspecified atom stereocenters. The number of nitrogen functional groups attached to an aromatic ring is 1. The highest BCUT2D eigenvalue weighted by molar-refractivity contribution is 7.59. The van der Waals surface area contributed by atoms with Gasteiger partial charge in [-0.25, -0.2) is 14.0 Å². The molecule has 1 saturated heterocycles. The number of hydrogen-bond acceptors (Lipinski definition) is 7. The number of fused-ring (bicyclic) bond motifs is 1. The summed E-state index contributed by atoms with van der Waals surface area (Å²) < 4.78 is 28.3. The summed E-state index contributed by atoms with van der Waals surface area (Å²) in [6, 6.07) is 0.817. The molecule has 1 saturated carbocycles. The second-order valence-electron chi connectivity index (χ2n) is 10.1. The number of ether oxygens (including phenoxy) is 2. The third-order valence-corrected chi connectivity index (χ3v) is 6.39. The summed E-state index contributed by atoms with van der Waals surface area (Å²) in [5, 5.41) is 2.86. The minimum atomic E-state index is -0.768. The van der Waals surface area contributed by atoms with Crippen LogP contribution in [0.3, 0.4) is 0 Å². The average Bonchev–Trinajstić information content (AvgIpc) is 3.45. The number of carbonyl (C=O) groups is 1. The number of rotatable bonds is 5. The van der Waals surface area contributed by atoms with E-state index in [1.807, 2.05) is 11.8 Å². The summed E-state index contributed by atoms with van der Waals surface area (Å²) in [6.07, 6.45) is 1.74. The van der Waals surface area contributed by atoms with E-state index in [1.165, 1.54) is 11.7 Å². The monoisotopic (exact) mass is 545 g/mol. The van der Waals surface area contributed by atoms with Crippen molar-refractivity contribution in [3.05, 3.63) is 32.7 Å². The lowest BCUT2D eigenvalue weighted by Gasteiger charge is -2.26. The molecule has 3 N–H and O–H groups in total. The normalized spacial score (nSPS) is 18.3. The van der Waals surface area contributed by atoms with E-state index in [9.17, 15) is 14.4 Å². The van der Waals surface area contributed by atoms with Crippen molar-refractivity contribution in [1.29, 1.82) is 0 Å². The van der Waals surface area contributed by atoms with Gasteiger partial charge in [-0.3, -0.25) is 9.36 Å². The van der Waals surface area contributed by atoms with Crippen molar-refractivity contribution < 1.29 is 18.7 Å². The van der Waals surface area contributed by atoms with Crippen LogP contribution in [0.4, 0.5) is 14.9 Å². The zero-order valence-corrected chi connectivity index (χ0v) is 23.2. The molecule has 0 spiro atoms. The smallest absolute Gasteiger partial charge is 0.407 e. The van der Waals surface area contributed by atoms with Gasteiger partial charge >= 0.3 is 11.8 Å². The number of anilines is 1. The summed E-state index contributed by atoms with van der Waals surface area (Å²) in [5.41, 5.74) is -1.56. The first-order valence-electron chi connectivity index (χ1n) is 11.5. The molecule has 1 aromatic carbocycles. The second kappa shape index (κ2) is 10.8. The highest BCUT2D eigenvalue weighted by Gasteiger charge is 2.35. The van der Waals surface area contributed by atoms with Gasteiger partial charge in [0.2, 0.25) is 0 Å². The quantitative estimate of drug-likeness (QED) is 0.553. The number of benzene rings is 1. The number of aromatic nitrogens is 2. The van der Waals surface area contributed by atoms with Crippen molar-refractivity contribution in [2.45, 2.75) is 64.6 Å². The van der Waals surface area contributed by atoms with Gasteiger partial charge in [-0.2, -0.15) is 31.7 Å². The van der Waals surface area contributed by atoms with Crippen LogP contribution in [0, 0.1) is 11.7 Å². The topological polar surface area (TPSA) is 121 Å². The van der Waals surface area contributed by atoms with Crippen molar-refractivity contribution in [1.82, 2.24) is 14.6 Å².